The monoisotopic (exact) mass is 416 g/mol. The molecule has 1 aliphatic carbocycles. The Morgan fingerprint density at radius 2 is 1.69 bits per heavy atom. The number of rotatable bonds is 10. The first-order chi connectivity index (χ1) is 13.9. The van der Waals surface area contributed by atoms with Crippen molar-refractivity contribution in [2.75, 3.05) is 17.9 Å². The zero-order valence-corrected chi connectivity index (χ0v) is 17.7. The fourth-order valence-corrected chi connectivity index (χ4v) is 4.33. The van der Waals surface area contributed by atoms with Crippen LogP contribution in [-0.2, 0) is 20.2 Å². The van der Waals surface area contributed by atoms with Gasteiger partial charge in [0.15, 0.2) is 0 Å². The second-order valence-corrected chi connectivity index (χ2v) is 8.96. The van der Waals surface area contributed by atoms with Gasteiger partial charge in [0.25, 0.3) is 10.0 Å². The van der Waals surface area contributed by atoms with Crippen LogP contribution in [0.25, 0.3) is 0 Å². The summed E-state index contributed by atoms with van der Waals surface area (Å²) in [5.74, 6) is 0.691. The van der Waals surface area contributed by atoms with E-state index in [0.717, 1.165) is 31.2 Å². The molecule has 0 aromatic heterocycles. The Kier molecular flexibility index (Phi) is 6.47. The molecule has 2 aromatic rings. The SMILES string of the molecule is CCCCNC(=O)C1(c2ccc(NS(=O)(=O)c3ccc(OCC)cc3)cc2)CC1. The summed E-state index contributed by atoms with van der Waals surface area (Å²) in [6.07, 6.45) is 3.65. The minimum Gasteiger partial charge on any atom is -0.494 e. The van der Waals surface area contributed by atoms with Crippen molar-refractivity contribution in [2.24, 2.45) is 0 Å². The number of anilines is 1. The van der Waals surface area contributed by atoms with Crippen LogP contribution in [0.5, 0.6) is 5.75 Å². The van der Waals surface area contributed by atoms with Crippen LogP contribution in [-0.4, -0.2) is 27.5 Å². The van der Waals surface area contributed by atoms with Crippen LogP contribution in [0, 0.1) is 0 Å². The number of unbranched alkanes of at least 4 members (excludes halogenated alkanes) is 1. The molecule has 2 N–H and O–H groups in total. The lowest BCUT2D eigenvalue weighted by atomic mass is 9.94. The predicted molar refractivity (Wildman–Crippen MR) is 114 cm³/mol. The number of amides is 1. The smallest absolute Gasteiger partial charge is 0.261 e. The molecule has 0 atom stereocenters. The van der Waals surface area contributed by atoms with E-state index in [0.29, 0.717) is 24.6 Å². The average Bonchev–Trinajstić information content (AvgIpc) is 3.51. The zero-order valence-electron chi connectivity index (χ0n) is 16.9. The van der Waals surface area contributed by atoms with Gasteiger partial charge in [-0.2, -0.15) is 0 Å². The summed E-state index contributed by atoms with van der Waals surface area (Å²) < 4.78 is 33.1. The maximum atomic E-state index is 12.6. The second kappa shape index (κ2) is 8.86. The van der Waals surface area contributed by atoms with Crippen LogP contribution in [0.4, 0.5) is 5.69 Å². The van der Waals surface area contributed by atoms with Gasteiger partial charge in [-0.3, -0.25) is 9.52 Å². The highest BCUT2D eigenvalue weighted by atomic mass is 32.2. The van der Waals surface area contributed by atoms with Crippen molar-refractivity contribution in [1.82, 2.24) is 5.32 Å². The molecule has 1 fully saturated rings. The van der Waals surface area contributed by atoms with Crippen molar-refractivity contribution < 1.29 is 17.9 Å². The van der Waals surface area contributed by atoms with Gasteiger partial charge in [0.1, 0.15) is 5.75 Å². The van der Waals surface area contributed by atoms with E-state index < -0.39 is 15.4 Å². The first-order valence-electron chi connectivity index (χ1n) is 10.1. The van der Waals surface area contributed by atoms with E-state index in [4.69, 9.17) is 4.74 Å². The van der Waals surface area contributed by atoms with Crippen LogP contribution in [0.1, 0.15) is 45.1 Å². The van der Waals surface area contributed by atoms with Gasteiger partial charge in [0.05, 0.1) is 16.9 Å². The Morgan fingerprint density at radius 1 is 1.03 bits per heavy atom. The molecule has 6 nitrogen and oxygen atoms in total. The number of hydrogen-bond donors (Lipinski definition) is 2. The van der Waals surface area contributed by atoms with E-state index in [9.17, 15) is 13.2 Å². The Labute approximate surface area is 172 Å². The van der Waals surface area contributed by atoms with Crippen molar-refractivity contribution in [3.05, 3.63) is 54.1 Å². The summed E-state index contributed by atoms with van der Waals surface area (Å²) in [6, 6.07) is 13.4. The van der Waals surface area contributed by atoms with Gasteiger partial charge >= 0.3 is 0 Å². The summed E-state index contributed by atoms with van der Waals surface area (Å²) in [5, 5.41) is 3.01. The molecule has 0 spiro atoms. The number of sulfonamides is 1. The summed E-state index contributed by atoms with van der Waals surface area (Å²) in [5.41, 5.74) is 0.931. The van der Waals surface area contributed by atoms with Crippen LogP contribution in [0.3, 0.4) is 0 Å². The first kappa shape index (κ1) is 21.2. The van der Waals surface area contributed by atoms with E-state index in [1.165, 1.54) is 12.1 Å². The van der Waals surface area contributed by atoms with E-state index in [2.05, 4.69) is 17.0 Å². The van der Waals surface area contributed by atoms with E-state index >= 15 is 0 Å². The van der Waals surface area contributed by atoms with Gasteiger partial charge in [-0.25, -0.2) is 8.42 Å². The number of carbonyl (C=O) groups excluding carboxylic acids is 1. The van der Waals surface area contributed by atoms with Crippen LogP contribution in [0.15, 0.2) is 53.4 Å². The Bertz CT molecular complexity index is 934. The van der Waals surface area contributed by atoms with Gasteiger partial charge < -0.3 is 10.1 Å². The fourth-order valence-electron chi connectivity index (χ4n) is 3.27. The minimum atomic E-state index is -3.69. The molecule has 29 heavy (non-hydrogen) atoms. The largest absolute Gasteiger partial charge is 0.494 e. The molecule has 0 bridgehead atoms. The standard InChI is InChI=1S/C22H28N2O4S/c1-3-5-16-23-21(25)22(14-15-22)17-6-8-18(9-7-17)24-29(26,27)20-12-10-19(11-13-20)28-4-2/h6-13,24H,3-5,14-16H2,1-2H3,(H,23,25). The topological polar surface area (TPSA) is 84.5 Å². The molecule has 0 aliphatic heterocycles. The van der Waals surface area contributed by atoms with Gasteiger partial charge in [0.2, 0.25) is 5.91 Å². The van der Waals surface area contributed by atoms with Crippen LogP contribution < -0.4 is 14.8 Å². The molecule has 0 heterocycles. The zero-order chi connectivity index (χ0) is 20.9. The fraction of sp³-hybridized carbons (Fsp3) is 0.409. The lowest BCUT2D eigenvalue weighted by Gasteiger charge is -2.16. The Morgan fingerprint density at radius 3 is 2.24 bits per heavy atom. The lowest BCUT2D eigenvalue weighted by molar-refractivity contribution is -0.123. The Balaban J connectivity index is 1.68. The summed E-state index contributed by atoms with van der Waals surface area (Å²) in [4.78, 5) is 12.7. The van der Waals surface area contributed by atoms with E-state index in [-0.39, 0.29) is 10.8 Å². The molecular formula is C22H28N2O4S. The normalized spacial score (nSPS) is 14.8. The van der Waals surface area contributed by atoms with E-state index in [1.807, 2.05) is 19.1 Å². The maximum Gasteiger partial charge on any atom is 0.261 e. The highest BCUT2D eigenvalue weighted by Gasteiger charge is 2.50. The molecular weight excluding hydrogens is 388 g/mol. The van der Waals surface area contributed by atoms with Gasteiger partial charge in [-0.1, -0.05) is 25.5 Å². The van der Waals surface area contributed by atoms with Crippen molar-refractivity contribution >= 4 is 21.6 Å². The molecule has 2 aromatic carbocycles. The van der Waals surface area contributed by atoms with Gasteiger partial charge in [0, 0.05) is 12.2 Å². The third-order valence-electron chi connectivity index (χ3n) is 5.14. The minimum absolute atomic E-state index is 0.0636. The van der Waals surface area contributed by atoms with E-state index in [1.54, 1.807) is 24.3 Å². The van der Waals surface area contributed by atoms with Crippen molar-refractivity contribution in [2.45, 2.75) is 49.8 Å². The molecule has 7 heteroatoms. The third-order valence-corrected chi connectivity index (χ3v) is 6.53. The highest BCUT2D eigenvalue weighted by molar-refractivity contribution is 7.92. The molecule has 156 valence electrons. The maximum absolute atomic E-state index is 12.6. The molecule has 1 aliphatic rings. The number of benzene rings is 2. The van der Waals surface area contributed by atoms with Gasteiger partial charge in [-0.15, -0.1) is 0 Å². The molecule has 0 saturated heterocycles. The third kappa shape index (κ3) is 4.90. The quantitative estimate of drug-likeness (QED) is 0.577. The summed E-state index contributed by atoms with van der Waals surface area (Å²) >= 11 is 0. The summed E-state index contributed by atoms with van der Waals surface area (Å²) in [6.45, 7) is 5.18. The van der Waals surface area contributed by atoms with Gasteiger partial charge in [-0.05, 0) is 68.1 Å². The molecule has 3 rings (SSSR count). The van der Waals surface area contributed by atoms with Crippen molar-refractivity contribution in [1.29, 1.82) is 0 Å². The molecule has 0 radical (unpaired) electrons. The van der Waals surface area contributed by atoms with Crippen LogP contribution >= 0.6 is 0 Å². The number of nitrogens with one attached hydrogen (secondary N) is 2. The highest BCUT2D eigenvalue weighted by Crippen LogP contribution is 2.48. The first-order valence-corrected chi connectivity index (χ1v) is 11.5. The van der Waals surface area contributed by atoms with Crippen LogP contribution in [0.2, 0.25) is 0 Å². The number of ether oxygens (including phenoxy) is 1. The predicted octanol–water partition coefficient (Wildman–Crippen LogP) is 3.83. The Hall–Kier alpha value is -2.54. The summed E-state index contributed by atoms with van der Waals surface area (Å²) in [7, 11) is -3.69. The van der Waals surface area contributed by atoms with Crippen molar-refractivity contribution in [3.8, 4) is 5.75 Å². The average molecular weight is 417 g/mol. The van der Waals surface area contributed by atoms with Crippen molar-refractivity contribution in [3.63, 3.8) is 0 Å². The molecule has 0 unspecified atom stereocenters. The second-order valence-electron chi connectivity index (χ2n) is 7.28. The lowest BCUT2D eigenvalue weighted by Crippen LogP contribution is -2.35. The number of hydrogen-bond acceptors (Lipinski definition) is 4. The molecule has 1 saturated carbocycles. The number of carbonyl (C=O) groups is 1. The molecule has 1 amide bonds.